The van der Waals surface area contributed by atoms with Crippen LogP contribution in [0.3, 0.4) is 0 Å². The van der Waals surface area contributed by atoms with Gasteiger partial charge in [-0.05, 0) is 119 Å². The lowest BCUT2D eigenvalue weighted by Gasteiger charge is -2.26. The first-order valence-electron chi connectivity index (χ1n) is 24.1. The summed E-state index contributed by atoms with van der Waals surface area (Å²) in [5.74, 6) is 1.93. The number of hydrogen-bond donors (Lipinski definition) is 0. The van der Waals surface area contributed by atoms with E-state index in [1.807, 2.05) is 0 Å². The fourth-order valence-electron chi connectivity index (χ4n) is 12.6. The number of aromatic nitrogens is 2. The minimum atomic E-state index is 0.0160. The minimum absolute atomic E-state index is 0.0160. The van der Waals surface area contributed by atoms with Gasteiger partial charge in [0.05, 0.1) is 28.1 Å². The van der Waals surface area contributed by atoms with E-state index in [0.29, 0.717) is 0 Å². The fraction of sp³-hybridized carbons (Fsp3) is 0.0625. The molecule has 0 spiro atoms. The predicted octanol–water partition coefficient (Wildman–Crippen LogP) is 16.7. The van der Waals surface area contributed by atoms with Crippen LogP contribution in [0.5, 0.6) is 5.75 Å². The van der Waals surface area contributed by atoms with Crippen LogP contribution in [0.2, 0.25) is 0 Å². The predicted molar refractivity (Wildman–Crippen MR) is 284 cm³/mol. The quantitative estimate of drug-likeness (QED) is 0.167. The van der Waals surface area contributed by atoms with Crippen LogP contribution in [0.1, 0.15) is 34.9 Å². The van der Waals surface area contributed by atoms with Crippen molar-refractivity contribution in [2.75, 3.05) is 4.90 Å². The van der Waals surface area contributed by atoms with E-state index >= 15 is 0 Å². The number of rotatable bonds is 6. The Hall–Kier alpha value is -8.80. The summed E-state index contributed by atoms with van der Waals surface area (Å²) in [4.78, 5) is 2.41. The van der Waals surface area contributed by atoms with Gasteiger partial charge in [0.25, 0.3) is 0 Å². The number of fused-ring (bicyclic) bond motifs is 7. The highest BCUT2D eigenvalue weighted by Crippen LogP contribution is 2.55. The number of furan rings is 1. The Morgan fingerprint density at radius 1 is 0.507 bits per heavy atom. The molecule has 12 aromatic rings. The van der Waals surface area contributed by atoms with Crippen molar-refractivity contribution in [3.05, 3.63) is 229 Å². The molecule has 5 nitrogen and oxygen atoms in total. The molecule has 324 valence electrons. The molecule has 0 saturated heterocycles. The summed E-state index contributed by atoms with van der Waals surface area (Å²) < 4.78 is 18.2. The molecule has 3 aromatic heterocycles. The first kappa shape index (κ1) is 37.3. The van der Waals surface area contributed by atoms with Crippen molar-refractivity contribution in [1.82, 2.24) is 9.13 Å². The summed E-state index contributed by atoms with van der Waals surface area (Å²) in [5.41, 5.74) is 18.9. The van der Waals surface area contributed by atoms with Crippen molar-refractivity contribution in [2.24, 2.45) is 0 Å². The van der Waals surface area contributed by atoms with E-state index in [4.69, 9.17) is 9.15 Å². The van der Waals surface area contributed by atoms with E-state index in [-0.39, 0.29) is 12.1 Å². The molecule has 0 N–H and O–H groups in total. The lowest BCUT2D eigenvalue weighted by atomic mass is 9.86. The fourth-order valence-corrected chi connectivity index (χ4v) is 12.6. The molecule has 16 rings (SSSR count). The van der Waals surface area contributed by atoms with Gasteiger partial charge in [0.1, 0.15) is 23.2 Å². The van der Waals surface area contributed by atoms with Crippen LogP contribution in [-0.4, -0.2) is 15.2 Å². The molecule has 3 aliphatic carbocycles. The number of nitrogens with zero attached hydrogens (tertiary/aromatic N) is 3. The third-order valence-corrected chi connectivity index (χ3v) is 15.4. The van der Waals surface area contributed by atoms with Gasteiger partial charge in [-0.2, -0.15) is 0 Å². The van der Waals surface area contributed by atoms with Gasteiger partial charge in [0.15, 0.2) is 0 Å². The molecular weight excluding hydrogens is 843 g/mol. The minimum Gasteiger partial charge on any atom is -0.485 e. The van der Waals surface area contributed by atoms with Gasteiger partial charge in [0, 0.05) is 84.6 Å². The summed E-state index contributed by atoms with van der Waals surface area (Å²) in [6.07, 6.45) is 11.1. The molecule has 0 radical (unpaired) electrons. The zero-order valence-corrected chi connectivity index (χ0v) is 37.4. The van der Waals surface area contributed by atoms with Crippen molar-refractivity contribution in [3.8, 4) is 22.6 Å². The Balaban J connectivity index is 1.06. The average molecular weight is 884 g/mol. The lowest BCUT2D eigenvalue weighted by Crippen LogP contribution is -2.14. The Morgan fingerprint density at radius 2 is 1.23 bits per heavy atom. The first-order valence-corrected chi connectivity index (χ1v) is 24.1. The number of ether oxygens (including phenoxy) is 1. The number of anilines is 3. The highest BCUT2D eigenvalue weighted by molar-refractivity contribution is 6.40. The van der Waals surface area contributed by atoms with Crippen LogP contribution < -0.4 is 9.64 Å². The SMILES string of the molecule is C1=CC(n2c3cccc4c3c3c5c(ccc6c5c5c-4cc(N(c4ccccc4)c4ccccc4)cc5n6-c4ccccc4)c(C4=CCC5Oc6ccccc6C5=C4)cc32)Cc2c1oc1ccccc21. The molecule has 0 amide bonds. The molecule has 0 bridgehead atoms. The highest BCUT2D eigenvalue weighted by atomic mass is 16.5. The Morgan fingerprint density at radius 3 is 2.07 bits per heavy atom. The van der Waals surface area contributed by atoms with Gasteiger partial charge in [-0.1, -0.05) is 121 Å². The summed E-state index contributed by atoms with van der Waals surface area (Å²) in [5, 5.41) is 8.94. The molecule has 69 heavy (non-hydrogen) atoms. The summed E-state index contributed by atoms with van der Waals surface area (Å²) in [7, 11) is 0. The monoisotopic (exact) mass is 883 g/mol. The topological polar surface area (TPSA) is 35.5 Å². The van der Waals surface area contributed by atoms with Crippen LogP contribution in [0.25, 0.3) is 99.4 Å². The molecular formula is C64H41N3O2. The Labute approximate surface area is 397 Å². The average Bonchev–Trinajstić information content (AvgIpc) is 4.14. The van der Waals surface area contributed by atoms with Crippen molar-refractivity contribution < 1.29 is 9.15 Å². The molecule has 4 heterocycles. The van der Waals surface area contributed by atoms with Crippen molar-refractivity contribution >= 4 is 99.6 Å². The largest absolute Gasteiger partial charge is 0.485 e. The van der Waals surface area contributed by atoms with E-state index in [0.717, 1.165) is 52.7 Å². The normalized spacial score (nSPS) is 16.5. The van der Waals surface area contributed by atoms with Crippen LogP contribution >= 0.6 is 0 Å². The molecule has 2 atom stereocenters. The second kappa shape index (κ2) is 13.9. The standard InChI is InChI=1S/C64H41N3O2/c1-4-15-39(16-5-1)65(40-17-6-2-7-18-40)43-35-51-46-23-14-24-52-60(46)64-55(67(52)42-28-32-59-50(34-42)45-22-11-13-26-57(45)69-59)37-48(38-27-31-58-49(33-38)44-21-10-12-25-56(44)68-58)47-29-30-53-63(62(47)64)61(51)54(36-43)66(53)41-19-8-3-9-20-41/h1-30,32-33,35-37,42,58H,31,34H2. The van der Waals surface area contributed by atoms with Gasteiger partial charge in [0.2, 0.25) is 0 Å². The summed E-state index contributed by atoms with van der Waals surface area (Å²) in [6.45, 7) is 0. The maximum atomic E-state index is 6.54. The van der Waals surface area contributed by atoms with E-state index in [1.165, 1.54) is 98.7 Å². The van der Waals surface area contributed by atoms with Gasteiger partial charge in [-0.15, -0.1) is 0 Å². The number of hydrogen-bond acceptors (Lipinski definition) is 3. The number of para-hydroxylation sites is 5. The van der Waals surface area contributed by atoms with Crippen LogP contribution in [0, 0.1) is 0 Å². The van der Waals surface area contributed by atoms with E-state index in [1.54, 1.807) is 0 Å². The molecule has 0 fully saturated rings. The van der Waals surface area contributed by atoms with Gasteiger partial charge in [-0.3, -0.25) is 0 Å². The van der Waals surface area contributed by atoms with E-state index < -0.39 is 0 Å². The van der Waals surface area contributed by atoms with Crippen molar-refractivity contribution in [3.63, 3.8) is 0 Å². The van der Waals surface area contributed by atoms with Gasteiger partial charge < -0.3 is 23.2 Å². The van der Waals surface area contributed by atoms with Crippen LogP contribution in [0.15, 0.2) is 211 Å². The molecule has 5 heteroatoms. The second-order valence-electron chi connectivity index (χ2n) is 19.0. The van der Waals surface area contributed by atoms with Gasteiger partial charge in [-0.25, -0.2) is 0 Å². The number of benzene rings is 9. The van der Waals surface area contributed by atoms with Crippen molar-refractivity contribution in [2.45, 2.75) is 25.0 Å². The van der Waals surface area contributed by atoms with Gasteiger partial charge >= 0.3 is 0 Å². The number of allylic oxidation sites excluding steroid dienone is 3. The smallest absolute Gasteiger partial charge is 0.135 e. The molecule has 0 saturated carbocycles. The Bertz CT molecular complexity index is 4240. The first-order chi connectivity index (χ1) is 34.2. The molecule has 9 aromatic carbocycles. The summed E-state index contributed by atoms with van der Waals surface area (Å²) in [6, 6.07) is 68.9. The zero-order chi connectivity index (χ0) is 44.9. The Kier molecular flexibility index (Phi) is 7.50. The third kappa shape index (κ3) is 5.14. The van der Waals surface area contributed by atoms with Crippen molar-refractivity contribution in [1.29, 1.82) is 0 Å². The molecule has 2 unspecified atom stereocenters. The van der Waals surface area contributed by atoms with E-state index in [2.05, 4.69) is 226 Å². The lowest BCUT2D eigenvalue weighted by molar-refractivity contribution is 0.279. The van der Waals surface area contributed by atoms with Crippen LogP contribution in [0.4, 0.5) is 17.1 Å². The zero-order valence-electron chi connectivity index (χ0n) is 37.4. The summed E-state index contributed by atoms with van der Waals surface area (Å²) >= 11 is 0. The van der Waals surface area contributed by atoms with E-state index in [9.17, 15) is 0 Å². The maximum Gasteiger partial charge on any atom is 0.135 e. The van der Waals surface area contributed by atoms with Crippen LogP contribution in [-0.2, 0) is 6.42 Å². The third-order valence-electron chi connectivity index (χ3n) is 15.4. The molecule has 4 aliphatic rings. The molecule has 1 aliphatic heterocycles. The maximum absolute atomic E-state index is 6.54. The highest BCUT2D eigenvalue weighted by Gasteiger charge is 2.34. The second-order valence-corrected chi connectivity index (χ2v) is 19.0.